The molecule has 17 heavy (non-hydrogen) atoms. The predicted molar refractivity (Wildman–Crippen MR) is 72.6 cm³/mol. The molecule has 1 fully saturated rings. The number of nitrogens with zero attached hydrogens (tertiary/aromatic N) is 1. The summed E-state index contributed by atoms with van der Waals surface area (Å²) in [6, 6.07) is 1.94. The van der Waals surface area contributed by atoms with E-state index in [2.05, 4.69) is 22.5 Å². The summed E-state index contributed by atoms with van der Waals surface area (Å²) in [5.41, 5.74) is 1.41. The predicted octanol–water partition coefficient (Wildman–Crippen LogP) is 2.93. The molecule has 0 aromatic carbocycles. The molecule has 1 aromatic heterocycles. The molecule has 0 spiro atoms. The Hall–Kier alpha value is -0.800. The number of piperidine rings is 1. The SMILES string of the molecule is CCC1(CNc2ccncc2Cl)CCNCC1. The zero-order valence-corrected chi connectivity index (χ0v) is 11.1. The van der Waals surface area contributed by atoms with E-state index in [0.29, 0.717) is 10.4 Å². The molecule has 1 aromatic rings. The van der Waals surface area contributed by atoms with Crippen molar-refractivity contribution in [1.82, 2.24) is 10.3 Å². The maximum Gasteiger partial charge on any atom is 0.0820 e. The van der Waals surface area contributed by atoms with E-state index in [1.807, 2.05) is 6.07 Å². The van der Waals surface area contributed by atoms with Crippen LogP contribution in [0.3, 0.4) is 0 Å². The molecule has 0 amide bonds. The quantitative estimate of drug-likeness (QED) is 0.866. The molecular formula is C13H20ClN3. The largest absolute Gasteiger partial charge is 0.383 e. The molecule has 2 rings (SSSR count). The molecule has 1 saturated heterocycles. The zero-order valence-electron chi connectivity index (χ0n) is 10.3. The highest BCUT2D eigenvalue weighted by Crippen LogP contribution is 2.33. The Kier molecular flexibility index (Phi) is 4.24. The van der Waals surface area contributed by atoms with Crippen LogP contribution in [0.4, 0.5) is 5.69 Å². The van der Waals surface area contributed by atoms with Gasteiger partial charge in [0.1, 0.15) is 0 Å². The van der Waals surface area contributed by atoms with Crippen LogP contribution in [0.1, 0.15) is 26.2 Å². The van der Waals surface area contributed by atoms with Crippen LogP contribution in [-0.4, -0.2) is 24.6 Å². The molecule has 3 nitrogen and oxygen atoms in total. The van der Waals surface area contributed by atoms with E-state index >= 15 is 0 Å². The number of rotatable bonds is 4. The smallest absolute Gasteiger partial charge is 0.0820 e. The lowest BCUT2D eigenvalue weighted by molar-refractivity contribution is 0.210. The maximum absolute atomic E-state index is 6.09. The van der Waals surface area contributed by atoms with Crippen LogP contribution >= 0.6 is 11.6 Å². The first-order valence-corrected chi connectivity index (χ1v) is 6.68. The summed E-state index contributed by atoms with van der Waals surface area (Å²) in [5.74, 6) is 0. The van der Waals surface area contributed by atoms with Crippen LogP contribution in [-0.2, 0) is 0 Å². The zero-order chi connectivity index (χ0) is 12.1. The monoisotopic (exact) mass is 253 g/mol. The van der Waals surface area contributed by atoms with Gasteiger partial charge in [-0.2, -0.15) is 0 Å². The molecule has 0 aliphatic carbocycles. The third-order valence-electron chi connectivity index (χ3n) is 3.84. The summed E-state index contributed by atoms with van der Waals surface area (Å²) in [6.45, 7) is 5.52. The van der Waals surface area contributed by atoms with Gasteiger partial charge in [0.05, 0.1) is 10.7 Å². The van der Waals surface area contributed by atoms with Gasteiger partial charge in [0.2, 0.25) is 0 Å². The van der Waals surface area contributed by atoms with Crippen molar-refractivity contribution < 1.29 is 0 Å². The van der Waals surface area contributed by atoms with Gasteiger partial charge < -0.3 is 10.6 Å². The topological polar surface area (TPSA) is 37.0 Å². The number of halogens is 1. The van der Waals surface area contributed by atoms with Crippen molar-refractivity contribution in [2.45, 2.75) is 26.2 Å². The van der Waals surface area contributed by atoms with Crippen molar-refractivity contribution in [3.63, 3.8) is 0 Å². The van der Waals surface area contributed by atoms with Crippen LogP contribution in [0.25, 0.3) is 0 Å². The van der Waals surface area contributed by atoms with E-state index in [9.17, 15) is 0 Å². The Bertz CT molecular complexity index is 361. The molecule has 0 bridgehead atoms. The normalized spacial score (nSPS) is 18.9. The number of hydrogen-bond acceptors (Lipinski definition) is 3. The minimum absolute atomic E-state index is 0.415. The van der Waals surface area contributed by atoms with Gasteiger partial charge in [-0.25, -0.2) is 0 Å². The van der Waals surface area contributed by atoms with E-state index in [1.54, 1.807) is 12.4 Å². The van der Waals surface area contributed by atoms with E-state index < -0.39 is 0 Å². The van der Waals surface area contributed by atoms with Gasteiger partial charge in [0.25, 0.3) is 0 Å². The average molecular weight is 254 g/mol. The van der Waals surface area contributed by atoms with Crippen LogP contribution < -0.4 is 10.6 Å². The van der Waals surface area contributed by atoms with Crippen LogP contribution in [0.2, 0.25) is 5.02 Å². The molecule has 0 unspecified atom stereocenters. The summed E-state index contributed by atoms with van der Waals surface area (Å²) in [4.78, 5) is 4.00. The lowest BCUT2D eigenvalue weighted by Crippen LogP contribution is -2.40. The van der Waals surface area contributed by atoms with E-state index in [4.69, 9.17) is 11.6 Å². The van der Waals surface area contributed by atoms with Gasteiger partial charge in [-0.05, 0) is 43.8 Å². The molecule has 1 aliphatic heterocycles. The van der Waals surface area contributed by atoms with Crippen molar-refractivity contribution in [2.24, 2.45) is 5.41 Å². The highest BCUT2D eigenvalue weighted by molar-refractivity contribution is 6.33. The van der Waals surface area contributed by atoms with Crippen molar-refractivity contribution in [3.8, 4) is 0 Å². The van der Waals surface area contributed by atoms with E-state index in [1.165, 1.54) is 19.3 Å². The molecule has 2 heterocycles. The molecule has 0 atom stereocenters. The first kappa shape index (κ1) is 12.7. The van der Waals surface area contributed by atoms with E-state index in [-0.39, 0.29) is 0 Å². The minimum atomic E-state index is 0.415. The van der Waals surface area contributed by atoms with Crippen LogP contribution in [0, 0.1) is 5.41 Å². The highest BCUT2D eigenvalue weighted by Gasteiger charge is 2.29. The van der Waals surface area contributed by atoms with Gasteiger partial charge in [-0.15, -0.1) is 0 Å². The number of anilines is 1. The maximum atomic E-state index is 6.09. The van der Waals surface area contributed by atoms with Gasteiger partial charge in [-0.3, -0.25) is 4.98 Å². The lowest BCUT2D eigenvalue weighted by atomic mass is 9.76. The Morgan fingerprint density at radius 1 is 1.47 bits per heavy atom. The molecule has 1 aliphatic rings. The Balaban J connectivity index is 1.98. The standard InChI is InChI=1S/C13H20ClN3/c1-2-13(4-7-15-8-5-13)10-17-12-3-6-16-9-11(12)14/h3,6,9,15H,2,4-5,7-8,10H2,1H3,(H,16,17). The fourth-order valence-electron chi connectivity index (χ4n) is 2.41. The fourth-order valence-corrected chi connectivity index (χ4v) is 2.60. The number of hydrogen-bond donors (Lipinski definition) is 2. The second kappa shape index (κ2) is 5.69. The summed E-state index contributed by atoms with van der Waals surface area (Å²) < 4.78 is 0. The fraction of sp³-hybridized carbons (Fsp3) is 0.615. The molecular weight excluding hydrogens is 234 g/mol. The van der Waals surface area contributed by atoms with Crippen molar-refractivity contribution >= 4 is 17.3 Å². The summed E-state index contributed by atoms with van der Waals surface area (Å²) in [5, 5.41) is 7.60. The van der Waals surface area contributed by atoms with Crippen LogP contribution in [0.5, 0.6) is 0 Å². The number of pyridine rings is 1. The second-order valence-electron chi connectivity index (χ2n) is 4.81. The Morgan fingerprint density at radius 2 is 2.24 bits per heavy atom. The first-order chi connectivity index (χ1) is 8.26. The minimum Gasteiger partial charge on any atom is -0.383 e. The molecule has 94 valence electrons. The van der Waals surface area contributed by atoms with Gasteiger partial charge >= 0.3 is 0 Å². The molecule has 0 radical (unpaired) electrons. The Labute approximate surface area is 108 Å². The first-order valence-electron chi connectivity index (χ1n) is 6.30. The summed E-state index contributed by atoms with van der Waals surface area (Å²) >= 11 is 6.09. The third-order valence-corrected chi connectivity index (χ3v) is 4.14. The van der Waals surface area contributed by atoms with Gasteiger partial charge in [0, 0.05) is 18.9 Å². The molecule has 0 saturated carbocycles. The van der Waals surface area contributed by atoms with Crippen LogP contribution in [0.15, 0.2) is 18.5 Å². The second-order valence-corrected chi connectivity index (χ2v) is 5.22. The van der Waals surface area contributed by atoms with E-state index in [0.717, 1.165) is 25.3 Å². The summed E-state index contributed by atoms with van der Waals surface area (Å²) in [6.07, 6.45) is 7.14. The van der Waals surface area contributed by atoms with Crippen molar-refractivity contribution in [1.29, 1.82) is 0 Å². The molecule has 4 heteroatoms. The number of nitrogens with one attached hydrogen (secondary N) is 2. The van der Waals surface area contributed by atoms with Crippen molar-refractivity contribution in [3.05, 3.63) is 23.5 Å². The summed E-state index contributed by atoms with van der Waals surface area (Å²) in [7, 11) is 0. The van der Waals surface area contributed by atoms with Gasteiger partial charge in [-0.1, -0.05) is 18.5 Å². The number of aromatic nitrogens is 1. The average Bonchev–Trinajstić information content (AvgIpc) is 2.39. The highest BCUT2D eigenvalue weighted by atomic mass is 35.5. The Morgan fingerprint density at radius 3 is 2.88 bits per heavy atom. The van der Waals surface area contributed by atoms with Gasteiger partial charge in [0.15, 0.2) is 0 Å². The lowest BCUT2D eigenvalue weighted by Gasteiger charge is -2.37. The van der Waals surface area contributed by atoms with Crippen molar-refractivity contribution in [2.75, 3.05) is 25.0 Å². The third kappa shape index (κ3) is 3.11. The molecule has 2 N–H and O–H groups in total.